The number of carbonyl (C=O) groups excluding carboxylic acids is 3. The minimum atomic E-state index is -0.355. The largest absolute Gasteiger partial charge is 0.324 e. The summed E-state index contributed by atoms with van der Waals surface area (Å²) in [4.78, 5) is 37.1. The number of hydrogen-bond acceptors (Lipinski definition) is 4. The molecule has 0 unspecified atom stereocenters. The van der Waals surface area contributed by atoms with Gasteiger partial charge in [-0.3, -0.25) is 9.59 Å². The summed E-state index contributed by atoms with van der Waals surface area (Å²) in [5, 5.41) is 11.1. The first-order valence-electron chi connectivity index (χ1n) is 9.18. The molecular formula is C22H18N4O3S. The molecule has 0 bridgehead atoms. The van der Waals surface area contributed by atoms with E-state index in [4.69, 9.17) is 0 Å². The van der Waals surface area contributed by atoms with Gasteiger partial charge in [0.05, 0.1) is 11.4 Å². The molecule has 7 nitrogen and oxygen atoms in total. The van der Waals surface area contributed by atoms with E-state index in [1.165, 1.54) is 11.8 Å². The fourth-order valence-corrected chi connectivity index (χ4v) is 3.67. The van der Waals surface area contributed by atoms with Crippen LogP contribution in [0, 0.1) is 0 Å². The maximum Gasteiger partial charge on any atom is 0.323 e. The van der Waals surface area contributed by atoms with E-state index in [0.717, 1.165) is 4.90 Å². The molecule has 4 rings (SSSR count). The predicted molar refractivity (Wildman–Crippen MR) is 119 cm³/mol. The molecule has 0 fully saturated rings. The highest BCUT2D eigenvalue weighted by Gasteiger charge is 2.17. The molecule has 1 heterocycles. The molecule has 0 radical (unpaired) electrons. The van der Waals surface area contributed by atoms with Crippen LogP contribution in [-0.2, 0) is 4.79 Å². The number of nitrogens with one attached hydrogen (secondary N) is 4. The Morgan fingerprint density at radius 3 is 2.13 bits per heavy atom. The molecule has 3 aromatic rings. The number of urea groups is 1. The number of benzene rings is 3. The number of thioether (sulfide) groups is 1. The molecule has 0 atom stereocenters. The first-order chi connectivity index (χ1) is 14.6. The topological polar surface area (TPSA) is 99.3 Å². The Bertz CT molecular complexity index is 1100. The van der Waals surface area contributed by atoms with Crippen LogP contribution < -0.4 is 21.3 Å². The molecular weight excluding hydrogens is 400 g/mol. The number of fused-ring (bicyclic) bond motifs is 1. The van der Waals surface area contributed by atoms with Crippen LogP contribution in [0.3, 0.4) is 0 Å². The molecule has 30 heavy (non-hydrogen) atoms. The van der Waals surface area contributed by atoms with Gasteiger partial charge in [-0.05, 0) is 54.6 Å². The van der Waals surface area contributed by atoms with Crippen molar-refractivity contribution in [3.63, 3.8) is 0 Å². The SMILES string of the molecule is O=C1CSc2ccc(C(=O)Nc3ccc(NC(=O)Nc4ccccc4)cc3)cc2N1. The monoisotopic (exact) mass is 418 g/mol. The van der Waals surface area contributed by atoms with Gasteiger partial charge in [0.25, 0.3) is 5.91 Å². The standard InChI is InChI=1S/C22H18N4O3S/c27-20-13-30-19-11-6-14(12-18(19)26-20)21(28)23-16-7-9-17(10-8-16)25-22(29)24-15-4-2-1-3-5-15/h1-12H,13H2,(H,23,28)(H,26,27)(H2,24,25,29). The Morgan fingerprint density at radius 2 is 1.43 bits per heavy atom. The fraction of sp³-hybridized carbons (Fsp3) is 0.0455. The molecule has 0 aromatic heterocycles. The number of rotatable bonds is 4. The van der Waals surface area contributed by atoms with E-state index in [0.29, 0.717) is 34.1 Å². The van der Waals surface area contributed by atoms with Crippen molar-refractivity contribution in [1.82, 2.24) is 0 Å². The Morgan fingerprint density at radius 1 is 0.800 bits per heavy atom. The lowest BCUT2D eigenvalue weighted by molar-refractivity contribution is -0.113. The number of anilines is 4. The number of amides is 4. The maximum absolute atomic E-state index is 12.5. The van der Waals surface area contributed by atoms with Crippen LogP contribution in [0.4, 0.5) is 27.5 Å². The Kier molecular flexibility index (Phi) is 5.67. The second kappa shape index (κ2) is 8.71. The Labute approximate surface area is 177 Å². The molecule has 1 aliphatic heterocycles. The normalized spacial score (nSPS) is 12.3. The van der Waals surface area contributed by atoms with Crippen LogP contribution >= 0.6 is 11.8 Å². The van der Waals surface area contributed by atoms with Crippen molar-refractivity contribution in [3.05, 3.63) is 78.4 Å². The average molecular weight is 418 g/mol. The van der Waals surface area contributed by atoms with Gasteiger partial charge in [0.2, 0.25) is 5.91 Å². The lowest BCUT2D eigenvalue weighted by atomic mass is 10.1. The zero-order chi connectivity index (χ0) is 20.9. The van der Waals surface area contributed by atoms with Crippen LogP contribution in [0.1, 0.15) is 10.4 Å². The van der Waals surface area contributed by atoms with Crippen LogP contribution in [0.2, 0.25) is 0 Å². The second-order valence-electron chi connectivity index (χ2n) is 6.52. The predicted octanol–water partition coefficient (Wildman–Crippen LogP) is 4.63. The van der Waals surface area contributed by atoms with E-state index in [2.05, 4.69) is 21.3 Å². The molecule has 8 heteroatoms. The van der Waals surface area contributed by atoms with Gasteiger partial charge in [-0.1, -0.05) is 18.2 Å². The summed E-state index contributed by atoms with van der Waals surface area (Å²) >= 11 is 1.44. The summed E-state index contributed by atoms with van der Waals surface area (Å²) in [6.45, 7) is 0. The molecule has 0 spiro atoms. The average Bonchev–Trinajstić information content (AvgIpc) is 2.75. The van der Waals surface area contributed by atoms with Gasteiger partial charge in [0.15, 0.2) is 0 Å². The highest BCUT2D eigenvalue weighted by molar-refractivity contribution is 8.00. The van der Waals surface area contributed by atoms with E-state index in [9.17, 15) is 14.4 Å². The van der Waals surface area contributed by atoms with Crippen LogP contribution in [0.5, 0.6) is 0 Å². The second-order valence-corrected chi connectivity index (χ2v) is 7.54. The van der Waals surface area contributed by atoms with Crippen LogP contribution in [0.25, 0.3) is 0 Å². The van der Waals surface area contributed by atoms with Gasteiger partial charge in [0.1, 0.15) is 0 Å². The molecule has 0 saturated heterocycles. The number of carbonyl (C=O) groups is 3. The third-order valence-corrected chi connectivity index (χ3v) is 5.38. The third kappa shape index (κ3) is 4.79. The van der Waals surface area contributed by atoms with E-state index >= 15 is 0 Å². The van der Waals surface area contributed by atoms with Crippen LogP contribution in [0.15, 0.2) is 77.7 Å². The summed E-state index contributed by atoms with van der Waals surface area (Å²) in [5.74, 6) is 0.0112. The van der Waals surface area contributed by atoms with Crippen molar-refractivity contribution >= 4 is 52.4 Å². The van der Waals surface area contributed by atoms with Crippen molar-refractivity contribution in [2.45, 2.75) is 4.90 Å². The minimum absolute atomic E-state index is 0.0792. The quantitative estimate of drug-likeness (QED) is 0.496. The van der Waals surface area contributed by atoms with Gasteiger partial charge < -0.3 is 21.3 Å². The first-order valence-corrected chi connectivity index (χ1v) is 10.2. The molecule has 150 valence electrons. The minimum Gasteiger partial charge on any atom is -0.324 e. The third-order valence-electron chi connectivity index (χ3n) is 4.31. The van der Waals surface area contributed by atoms with Crippen molar-refractivity contribution in [2.24, 2.45) is 0 Å². The van der Waals surface area contributed by atoms with Crippen molar-refractivity contribution < 1.29 is 14.4 Å². The van der Waals surface area contributed by atoms with E-state index in [1.807, 2.05) is 24.3 Å². The van der Waals surface area contributed by atoms with E-state index < -0.39 is 0 Å². The van der Waals surface area contributed by atoms with Gasteiger partial charge in [-0.25, -0.2) is 4.79 Å². The number of hydrogen-bond donors (Lipinski definition) is 4. The molecule has 3 aromatic carbocycles. The Hall–Kier alpha value is -3.78. The summed E-state index contributed by atoms with van der Waals surface area (Å²) in [6.07, 6.45) is 0. The molecule has 1 aliphatic rings. The highest BCUT2D eigenvalue weighted by Crippen LogP contribution is 2.32. The first kappa shape index (κ1) is 19.5. The molecule has 0 saturated carbocycles. The van der Waals surface area contributed by atoms with E-state index in [-0.39, 0.29) is 17.8 Å². The van der Waals surface area contributed by atoms with E-state index in [1.54, 1.807) is 48.5 Å². The van der Waals surface area contributed by atoms with Gasteiger partial charge in [-0.15, -0.1) is 11.8 Å². The summed E-state index contributed by atoms with van der Waals surface area (Å²) < 4.78 is 0. The fourth-order valence-electron chi connectivity index (χ4n) is 2.88. The molecule has 4 N–H and O–H groups in total. The van der Waals surface area contributed by atoms with Gasteiger partial charge in [-0.2, -0.15) is 0 Å². The zero-order valence-electron chi connectivity index (χ0n) is 15.8. The lowest BCUT2D eigenvalue weighted by Crippen LogP contribution is -2.20. The highest BCUT2D eigenvalue weighted by atomic mass is 32.2. The smallest absolute Gasteiger partial charge is 0.323 e. The van der Waals surface area contributed by atoms with Crippen molar-refractivity contribution in [1.29, 1.82) is 0 Å². The maximum atomic E-state index is 12.5. The summed E-state index contributed by atoms with van der Waals surface area (Å²) in [6, 6.07) is 20.8. The Balaban J connectivity index is 1.36. The summed E-state index contributed by atoms with van der Waals surface area (Å²) in [7, 11) is 0. The summed E-state index contributed by atoms with van der Waals surface area (Å²) in [5.41, 5.74) is 2.97. The zero-order valence-corrected chi connectivity index (χ0v) is 16.6. The van der Waals surface area contributed by atoms with Gasteiger partial charge >= 0.3 is 6.03 Å². The van der Waals surface area contributed by atoms with Crippen LogP contribution in [-0.4, -0.2) is 23.6 Å². The van der Waals surface area contributed by atoms with Gasteiger partial charge in [0, 0.05) is 27.5 Å². The molecule has 4 amide bonds. The lowest BCUT2D eigenvalue weighted by Gasteiger charge is -2.17. The van der Waals surface area contributed by atoms with Crippen molar-refractivity contribution in [3.8, 4) is 0 Å². The molecule has 0 aliphatic carbocycles. The van der Waals surface area contributed by atoms with Crippen molar-refractivity contribution in [2.75, 3.05) is 27.0 Å². The number of para-hydroxylation sites is 1.